The van der Waals surface area contributed by atoms with Gasteiger partial charge in [-0.25, -0.2) is 8.42 Å². The van der Waals surface area contributed by atoms with Gasteiger partial charge in [0.1, 0.15) is 0 Å². The topological polar surface area (TPSA) is 57.7 Å². The van der Waals surface area contributed by atoms with Crippen LogP contribution in [0.5, 0.6) is 0 Å². The minimum atomic E-state index is -3.46. The Labute approximate surface area is 129 Å². The zero-order valence-electron chi connectivity index (χ0n) is 12.1. The zero-order valence-corrected chi connectivity index (χ0v) is 13.7. The van der Waals surface area contributed by atoms with Crippen LogP contribution in [-0.4, -0.2) is 45.5 Å². The molecule has 21 heavy (non-hydrogen) atoms. The highest BCUT2D eigenvalue weighted by Crippen LogP contribution is 2.33. The molecule has 0 unspecified atom stereocenters. The summed E-state index contributed by atoms with van der Waals surface area (Å²) in [5.74, 6) is -0.220. The number of anilines is 1. The van der Waals surface area contributed by atoms with Gasteiger partial charge in [-0.05, 0) is 25.1 Å². The number of carbonyl (C=O) groups excluding carboxylic acids is 1. The predicted octanol–water partition coefficient (Wildman–Crippen LogP) is 2.14. The number of halogens is 1. The largest absolute Gasteiger partial charge is 0.383 e. The Balaban J connectivity index is 2.65. The molecule has 0 saturated heterocycles. The predicted molar refractivity (Wildman–Crippen MR) is 84.4 cm³/mol. The number of hydrogen-bond acceptors (Lipinski definition) is 4. The van der Waals surface area contributed by atoms with E-state index in [0.29, 0.717) is 21.8 Å². The van der Waals surface area contributed by atoms with E-state index in [9.17, 15) is 13.2 Å². The van der Waals surface area contributed by atoms with E-state index in [4.69, 9.17) is 11.6 Å². The molecule has 0 atom stereocenters. The number of nitrogens with zero attached hydrogens (tertiary/aromatic N) is 2. The molecule has 1 aromatic carbocycles. The van der Waals surface area contributed by atoms with Crippen LogP contribution in [0.25, 0.3) is 0 Å². The van der Waals surface area contributed by atoms with Gasteiger partial charge in [-0.3, -0.25) is 9.10 Å². The van der Waals surface area contributed by atoms with Crippen molar-refractivity contribution in [3.05, 3.63) is 40.6 Å². The average Bonchev–Trinajstić information content (AvgIpc) is 2.41. The van der Waals surface area contributed by atoms with E-state index >= 15 is 0 Å². The van der Waals surface area contributed by atoms with Gasteiger partial charge in [0.2, 0.25) is 10.0 Å². The zero-order chi connectivity index (χ0) is 15.8. The molecule has 0 spiro atoms. The summed E-state index contributed by atoms with van der Waals surface area (Å²) in [7, 11) is 0.107. The van der Waals surface area contributed by atoms with E-state index in [1.807, 2.05) is 0 Å². The Kier molecular flexibility index (Phi) is 4.30. The molecule has 7 heteroatoms. The summed E-state index contributed by atoms with van der Waals surface area (Å²) in [6, 6.07) is 4.68. The number of ketones is 1. The smallest absolute Gasteiger partial charge is 0.235 e. The maximum Gasteiger partial charge on any atom is 0.235 e. The Morgan fingerprint density at radius 1 is 1.38 bits per heavy atom. The fourth-order valence-corrected chi connectivity index (χ4v) is 3.49. The van der Waals surface area contributed by atoms with Crippen molar-refractivity contribution in [1.82, 2.24) is 4.90 Å². The normalized spacial score (nSPS) is 17.0. The third kappa shape index (κ3) is 3.06. The lowest BCUT2D eigenvalue weighted by Crippen LogP contribution is -2.40. The Hall–Kier alpha value is -1.53. The first-order valence-electron chi connectivity index (χ1n) is 6.48. The van der Waals surface area contributed by atoms with E-state index in [1.54, 1.807) is 44.3 Å². The molecule has 0 amide bonds. The number of carbonyl (C=O) groups is 1. The second-order valence-electron chi connectivity index (χ2n) is 5.02. The van der Waals surface area contributed by atoms with Crippen LogP contribution in [0.3, 0.4) is 0 Å². The van der Waals surface area contributed by atoms with Crippen LogP contribution in [0.15, 0.2) is 30.0 Å². The van der Waals surface area contributed by atoms with E-state index < -0.39 is 10.0 Å². The minimum absolute atomic E-state index is 0.0293. The first-order valence-corrected chi connectivity index (χ1v) is 8.46. The van der Waals surface area contributed by atoms with Crippen molar-refractivity contribution in [2.24, 2.45) is 0 Å². The molecular weight excluding hydrogens is 312 g/mol. The second-order valence-corrected chi connectivity index (χ2v) is 7.63. The number of rotatable bonds is 3. The molecule has 2 rings (SSSR count). The van der Waals surface area contributed by atoms with Gasteiger partial charge in [-0.1, -0.05) is 11.6 Å². The quantitative estimate of drug-likeness (QED) is 0.798. The molecular formula is C14H17ClN2O3S. The van der Waals surface area contributed by atoms with Gasteiger partial charge in [0.15, 0.2) is 5.78 Å². The van der Waals surface area contributed by atoms with E-state index in [2.05, 4.69) is 0 Å². The number of hydrogen-bond donors (Lipinski definition) is 0. The highest BCUT2D eigenvalue weighted by atomic mass is 35.5. The highest BCUT2D eigenvalue weighted by Gasteiger charge is 2.33. The van der Waals surface area contributed by atoms with Crippen LogP contribution in [0.4, 0.5) is 5.69 Å². The first-order chi connectivity index (χ1) is 9.76. The van der Waals surface area contributed by atoms with Crippen LogP contribution in [-0.2, 0) is 10.0 Å². The van der Waals surface area contributed by atoms with E-state index in [0.717, 1.165) is 0 Å². The molecule has 1 heterocycles. The number of fused-ring (bicyclic) bond motifs is 1. The SMILES string of the molecule is CCS(=O)(=O)N1CC(=CN(C)C)C(=O)c2cc(Cl)ccc21. The maximum absolute atomic E-state index is 12.5. The van der Waals surface area contributed by atoms with Gasteiger partial charge >= 0.3 is 0 Å². The molecule has 0 aliphatic carbocycles. The van der Waals surface area contributed by atoms with Crippen molar-refractivity contribution in [1.29, 1.82) is 0 Å². The summed E-state index contributed by atoms with van der Waals surface area (Å²) in [6.45, 7) is 1.62. The van der Waals surface area contributed by atoms with Crippen LogP contribution in [0, 0.1) is 0 Å². The molecule has 0 N–H and O–H groups in total. The molecule has 1 aliphatic rings. The van der Waals surface area contributed by atoms with E-state index in [1.165, 1.54) is 10.4 Å². The van der Waals surface area contributed by atoms with Crippen LogP contribution in [0.1, 0.15) is 17.3 Å². The van der Waals surface area contributed by atoms with Crippen molar-refractivity contribution >= 4 is 33.1 Å². The molecule has 5 nitrogen and oxygen atoms in total. The summed E-state index contributed by atoms with van der Waals surface area (Å²) < 4.78 is 25.8. The lowest BCUT2D eigenvalue weighted by molar-refractivity contribution is 0.102. The van der Waals surface area contributed by atoms with Gasteiger partial charge < -0.3 is 4.90 Å². The first kappa shape index (κ1) is 15.9. The number of benzene rings is 1. The Morgan fingerprint density at radius 3 is 2.62 bits per heavy atom. The summed E-state index contributed by atoms with van der Waals surface area (Å²) >= 11 is 5.94. The summed E-state index contributed by atoms with van der Waals surface area (Å²) in [4.78, 5) is 14.2. The molecule has 1 aliphatic heterocycles. The minimum Gasteiger partial charge on any atom is -0.383 e. The van der Waals surface area contributed by atoms with Crippen molar-refractivity contribution in [3.63, 3.8) is 0 Å². The third-order valence-corrected chi connectivity index (χ3v) is 5.15. The highest BCUT2D eigenvalue weighted by molar-refractivity contribution is 7.92. The van der Waals surface area contributed by atoms with Crippen molar-refractivity contribution < 1.29 is 13.2 Å². The van der Waals surface area contributed by atoms with Crippen LogP contribution < -0.4 is 4.31 Å². The number of sulfonamides is 1. The molecule has 0 bridgehead atoms. The Morgan fingerprint density at radius 2 is 2.05 bits per heavy atom. The van der Waals surface area contributed by atoms with E-state index in [-0.39, 0.29) is 18.1 Å². The molecule has 0 saturated carbocycles. The fourth-order valence-electron chi connectivity index (χ4n) is 2.21. The second kappa shape index (κ2) is 5.69. The van der Waals surface area contributed by atoms with Gasteiger partial charge in [0, 0.05) is 36.5 Å². The molecule has 114 valence electrons. The van der Waals surface area contributed by atoms with Crippen molar-refractivity contribution in [2.45, 2.75) is 6.92 Å². The lowest BCUT2D eigenvalue weighted by Gasteiger charge is -2.31. The van der Waals surface area contributed by atoms with Crippen molar-refractivity contribution in [2.75, 3.05) is 30.7 Å². The van der Waals surface area contributed by atoms with Crippen LogP contribution >= 0.6 is 11.6 Å². The number of Topliss-reactive ketones (excluding diaryl/α,β-unsaturated/α-hetero) is 1. The van der Waals surface area contributed by atoms with Gasteiger partial charge in [0.05, 0.1) is 18.0 Å². The fraction of sp³-hybridized carbons (Fsp3) is 0.357. The molecule has 1 aromatic rings. The summed E-state index contributed by atoms with van der Waals surface area (Å²) in [5.41, 5.74) is 1.13. The van der Waals surface area contributed by atoms with Gasteiger partial charge in [0.25, 0.3) is 0 Å². The van der Waals surface area contributed by atoms with Crippen LogP contribution in [0.2, 0.25) is 5.02 Å². The molecule has 0 radical (unpaired) electrons. The van der Waals surface area contributed by atoms with Gasteiger partial charge in [-0.2, -0.15) is 0 Å². The Bertz CT molecular complexity index is 711. The molecule has 0 aromatic heterocycles. The monoisotopic (exact) mass is 328 g/mol. The maximum atomic E-state index is 12.5. The molecule has 0 fully saturated rings. The average molecular weight is 329 g/mol. The summed E-state index contributed by atoms with van der Waals surface area (Å²) in [5, 5.41) is 0.405. The standard InChI is InChI=1S/C14H17ClN2O3S/c1-4-21(19,20)17-9-10(8-16(2)3)14(18)12-7-11(15)5-6-13(12)17/h5-8H,4,9H2,1-3H3. The van der Waals surface area contributed by atoms with Gasteiger partial charge in [-0.15, -0.1) is 0 Å². The third-order valence-electron chi connectivity index (χ3n) is 3.19. The lowest BCUT2D eigenvalue weighted by atomic mass is 9.98. The summed E-state index contributed by atoms with van der Waals surface area (Å²) in [6.07, 6.45) is 1.64. The van der Waals surface area contributed by atoms with Crippen molar-refractivity contribution in [3.8, 4) is 0 Å².